The summed E-state index contributed by atoms with van der Waals surface area (Å²) in [6.07, 6.45) is -1.40. The van der Waals surface area contributed by atoms with Gasteiger partial charge in [0.1, 0.15) is 0 Å². The molecule has 0 spiro atoms. The van der Waals surface area contributed by atoms with E-state index in [2.05, 4.69) is 35.1 Å². The van der Waals surface area contributed by atoms with Crippen molar-refractivity contribution < 1.29 is 13.2 Å². The number of benzene rings is 1. The zero-order valence-corrected chi connectivity index (χ0v) is 13.6. The highest BCUT2D eigenvalue weighted by molar-refractivity contribution is 9.10. The average molecular weight is 352 g/mol. The smallest absolute Gasteiger partial charge is 0.313 e. The standard InChI is InChI=1S/C15H21BrF3N/c1-4-10(5-2)8-14(20-3)11-6-7-13(16)12(9-11)15(17,18)19/h6-7,9-10,14,20H,4-5,8H2,1-3H3. The summed E-state index contributed by atoms with van der Waals surface area (Å²) in [7, 11) is 1.79. The summed E-state index contributed by atoms with van der Waals surface area (Å²) in [5, 5.41) is 3.13. The highest BCUT2D eigenvalue weighted by Crippen LogP contribution is 2.37. The minimum absolute atomic E-state index is 0.0471. The molecule has 0 bridgehead atoms. The highest BCUT2D eigenvalue weighted by atomic mass is 79.9. The molecule has 0 saturated carbocycles. The molecule has 5 heteroatoms. The fourth-order valence-electron chi connectivity index (χ4n) is 2.35. The summed E-state index contributed by atoms with van der Waals surface area (Å²) in [5.41, 5.74) is 0.0784. The van der Waals surface area contributed by atoms with Crippen LogP contribution in [0.4, 0.5) is 13.2 Å². The first kappa shape index (κ1) is 17.5. The minimum Gasteiger partial charge on any atom is -0.313 e. The number of alkyl halides is 3. The molecule has 0 radical (unpaired) electrons. The van der Waals surface area contributed by atoms with Crippen LogP contribution >= 0.6 is 15.9 Å². The van der Waals surface area contributed by atoms with Gasteiger partial charge in [-0.15, -0.1) is 0 Å². The van der Waals surface area contributed by atoms with E-state index in [0.29, 0.717) is 11.5 Å². The van der Waals surface area contributed by atoms with Crippen molar-refractivity contribution in [3.8, 4) is 0 Å². The quantitative estimate of drug-likeness (QED) is 0.707. The summed E-state index contributed by atoms with van der Waals surface area (Å²) in [6, 6.07) is 4.43. The first-order valence-electron chi connectivity index (χ1n) is 6.87. The molecule has 1 aromatic rings. The van der Waals surface area contributed by atoms with E-state index in [4.69, 9.17) is 0 Å². The van der Waals surface area contributed by atoms with Gasteiger partial charge in [-0.05, 0) is 37.1 Å². The molecule has 0 aliphatic carbocycles. The van der Waals surface area contributed by atoms with E-state index in [1.165, 1.54) is 12.1 Å². The Balaban J connectivity index is 3.05. The van der Waals surface area contributed by atoms with E-state index < -0.39 is 11.7 Å². The molecule has 1 N–H and O–H groups in total. The van der Waals surface area contributed by atoms with Crippen LogP contribution in [0.15, 0.2) is 22.7 Å². The number of hydrogen-bond acceptors (Lipinski definition) is 1. The van der Waals surface area contributed by atoms with Crippen LogP contribution in [0.1, 0.15) is 50.3 Å². The topological polar surface area (TPSA) is 12.0 Å². The Hall–Kier alpha value is -0.550. The van der Waals surface area contributed by atoms with Crippen molar-refractivity contribution in [2.75, 3.05) is 7.05 Å². The molecule has 0 saturated heterocycles. The van der Waals surface area contributed by atoms with Crippen molar-refractivity contribution in [3.05, 3.63) is 33.8 Å². The average Bonchev–Trinajstić information content (AvgIpc) is 2.40. The van der Waals surface area contributed by atoms with Crippen molar-refractivity contribution in [2.45, 2.75) is 45.3 Å². The molecule has 1 rings (SSSR count). The second-order valence-corrected chi connectivity index (χ2v) is 5.85. The van der Waals surface area contributed by atoms with Gasteiger partial charge in [0.2, 0.25) is 0 Å². The van der Waals surface area contributed by atoms with Gasteiger partial charge in [0.05, 0.1) is 5.56 Å². The van der Waals surface area contributed by atoms with E-state index in [0.717, 1.165) is 19.3 Å². The third kappa shape index (κ3) is 4.48. The third-order valence-corrected chi connectivity index (χ3v) is 4.46. The molecule has 0 aromatic heterocycles. The summed E-state index contributed by atoms with van der Waals surface area (Å²) in [5.74, 6) is 0.519. The molecule has 0 amide bonds. The van der Waals surface area contributed by atoms with E-state index >= 15 is 0 Å². The molecule has 114 valence electrons. The molecule has 0 aliphatic heterocycles. The molecule has 1 atom stereocenters. The summed E-state index contributed by atoms with van der Waals surface area (Å²) < 4.78 is 38.9. The van der Waals surface area contributed by atoms with Crippen molar-refractivity contribution in [2.24, 2.45) is 5.92 Å². The molecule has 1 nitrogen and oxygen atoms in total. The zero-order valence-electron chi connectivity index (χ0n) is 12.0. The van der Waals surface area contributed by atoms with E-state index in [9.17, 15) is 13.2 Å². The van der Waals surface area contributed by atoms with Gasteiger partial charge in [-0.2, -0.15) is 13.2 Å². The van der Waals surface area contributed by atoms with Crippen LogP contribution in [0, 0.1) is 5.92 Å². The Morgan fingerprint density at radius 2 is 1.80 bits per heavy atom. The number of hydrogen-bond donors (Lipinski definition) is 1. The number of rotatable bonds is 6. The predicted molar refractivity (Wildman–Crippen MR) is 79.6 cm³/mol. The largest absolute Gasteiger partial charge is 0.417 e. The summed E-state index contributed by atoms with van der Waals surface area (Å²) in [4.78, 5) is 0. The molecule has 1 aromatic carbocycles. The van der Waals surface area contributed by atoms with Gasteiger partial charge >= 0.3 is 6.18 Å². The molecule has 1 unspecified atom stereocenters. The number of halogens is 4. The van der Waals surface area contributed by atoms with E-state index in [-0.39, 0.29) is 10.5 Å². The van der Waals surface area contributed by atoms with Crippen molar-refractivity contribution >= 4 is 15.9 Å². The van der Waals surface area contributed by atoms with Crippen LogP contribution in [0.5, 0.6) is 0 Å². The molecule has 20 heavy (non-hydrogen) atoms. The molecular weight excluding hydrogens is 331 g/mol. The lowest BCUT2D eigenvalue weighted by Crippen LogP contribution is -2.20. The first-order chi connectivity index (χ1) is 9.33. The zero-order chi connectivity index (χ0) is 15.3. The van der Waals surface area contributed by atoms with E-state index in [1.807, 2.05) is 0 Å². The molecule has 0 aliphatic rings. The van der Waals surface area contributed by atoms with Gasteiger partial charge < -0.3 is 5.32 Å². The maximum Gasteiger partial charge on any atom is 0.417 e. The van der Waals surface area contributed by atoms with Crippen LogP contribution < -0.4 is 5.32 Å². The maximum absolute atomic E-state index is 12.9. The lowest BCUT2D eigenvalue weighted by atomic mass is 9.90. The van der Waals surface area contributed by atoms with Crippen LogP contribution in [0.2, 0.25) is 0 Å². The van der Waals surface area contributed by atoms with Crippen LogP contribution in [0.3, 0.4) is 0 Å². The minimum atomic E-state index is -4.33. The summed E-state index contributed by atoms with van der Waals surface area (Å²) in [6.45, 7) is 4.23. The molecular formula is C15H21BrF3N. The van der Waals surface area contributed by atoms with E-state index in [1.54, 1.807) is 13.1 Å². The Morgan fingerprint density at radius 3 is 2.25 bits per heavy atom. The fourth-order valence-corrected chi connectivity index (χ4v) is 2.82. The Bertz CT molecular complexity index is 428. The van der Waals surface area contributed by atoms with Crippen LogP contribution in [-0.2, 0) is 6.18 Å². The second-order valence-electron chi connectivity index (χ2n) is 5.00. The predicted octanol–water partition coefficient (Wildman–Crippen LogP) is 5.55. The lowest BCUT2D eigenvalue weighted by Gasteiger charge is -2.23. The van der Waals surface area contributed by atoms with Gasteiger partial charge in [-0.1, -0.05) is 48.7 Å². The van der Waals surface area contributed by atoms with Crippen molar-refractivity contribution in [1.29, 1.82) is 0 Å². The normalized spacial score (nSPS) is 13.8. The van der Waals surface area contributed by atoms with Crippen molar-refractivity contribution in [3.63, 3.8) is 0 Å². The molecule has 0 fully saturated rings. The van der Waals surface area contributed by atoms with Gasteiger partial charge in [0, 0.05) is 10.5 Å². The van der Waals surface area contributed by atoms with Gasteiger partial charge in [0.25, 0.3) is 0 Å². The van der Waals surface area contributed by atoms with Gasteiger partial charge in [-0.25, -0.2) is 0 Å². The van der Waals surface area contributed by atoms with Crippen LogP contribution in [-0.4, -0.2) is 7.05 Å². The SMILES string of the molecule is CCC(CC)CC(NC)c1ccc(Br)c(C(F)(F)F)c1. The monoisotopic (exact) mass is 351 g/mol. The number of nitrogens with one attached hydrogen (secondary N) is 1. The van der Waals surface area contributed by atoms with Gasteiger partial charge in [0.15, 0.2) is 0 Å². The Kier molecular flexibility index (Phi) is 6.52. The first-order valence-corrected chi connectivity index (χ1v) is 7.66. The lowest BCUT2D eigenvalue weighted by molar-refractivity contribution is -0.138. The van der Waals surface area contributed by atoms with Gasteiger partial charge in [-0.3, -0.25) is 0 Å². The van der Waals surface area contributed by atoms with Crippen LogP contribution in [0.25, 0.3) is 0 Å². The highest BCUT2D eigenvalue weighted by Gasteiger charge is 2.33. The summed E-state index contributed by atoms with van der Waals surface area (Å²) >= 11 is 2.98. The second kappa shape index (κ2) is 7.46. The maximum atomic E-state index is 12.9. The Labute approximate surface area is 127 Å². The third-order valence-electron chi connectivity index (χ3n) is 3.77. The van der Waals surface area contributed by atoms with Crippen molar-refractivity contribution in [1.82, 2.24) is 5.32 Å². The Morgan fingerprint density at radius 1 is 1.20 bits per heavy atom. The molecule has 0 heterocycles. The fraction of sp³-hybridized carbons (Fsp3) is 0.600.